The second kappa shape index (κ2) is 4.92. The first kappa shape index (κ1) is 10.9. The van der Waals surface area contributed by atoms with E-state index in [0.717, 1.165) is 26.2 Å². The minimum absolute atomic E-state index is 0.167. The molecular formula is C8H15N3O3. The van der Waals surface area contributed by atoms with E-state index in [4.69, 9.17) is 5.11 Å². The van der Waals surface area contributed by atoms with Crippen LogP contribution in [0.4, 0.5) is 4.79 Å². The molecule has 1 rings (SSSR count). The van der Waals surface area contributed by atoms with Gasteiger partial charge in [0.1, 0.15) is 0 Å². The minimum Gasteiger partial charge on any atom is -0.465 e. The maximum atomic E-state index is 11.1. The van der Waals surface area contributed by atoms with Crippen molar-refractivity contribution in [3.63, 3.8) is 0 Å². The Bertz CT molecular complexity index is 224. The standard InChI is InChI=1S/C8H15N3O3/c1-10-2-4-11(5-3-10)6-7(12)9-8(13)14/h2-6H2,1H3,(H,9,12)(H,13,14). The summed E-state index contributed by atoms with van der Waals surface area (Å²) in [5.41, 5.74) is 0. The maximum absolute atomic E-state index is 11.1. The monoisotopic (exact) mass is 201 g/mol. The first-order chi connectivity index (χ1) is 6.58. The molecule has 0 aliphatic carbocycles. The zero-order valence-corrected chi connectivity index (χ0v) is 8.19. The molecular weight excluding hydrogens is 186 g/mol. The van der Waals surface area contributed by atoms with Crippen LogP contribution in [0.5, 0.6) is 0 Å². The third-order valence-electron chi connectivity index (χ3n) is 2.21. The zero-order chi connectivity index (χ0) is 10.6. The number of nitrogens with zero attached hydrogens (tertiary/aromatic N) is 2. The van der Waals surface area contributed by atoms with Crippen molar-refractivity contribution in [2.75, 3.05) is 39.8 Å². The number of carbonyl (C=O) groups is 2. The Morgan fingerprint density at radius 1 is 1.29 bits per heavy atom. The lowest BCUT2D eigenvalue weighted by atomic mass is 10.3. The number of piperazine rings is 1. The summed E-state index contributed by atoms with van der Waals surface area (Å²) in [6, 6.07) is 0. The predicted molar refractivity (Wildman–Crippen MR) is 50.1 cm³/mol. The highest BCUT2D eigenvalue weighted by atomic mass is 16.4. The Kier molecular flexibility index (Phi) is 3.84. The highest BCUT2D eigenvalue weighted by Crippen LogP contribution is 1.97. The van der Waals surface area contributed by atoms with Crippen molar-refractivity contribution >= 4 is 12.0 Å². The lowest BCUT2D eigenvalue weighted by molar-refractivity contribution is -0.121. The molecule has 1 aliphatic rings. The fourth-order valence-electron chi connectivity index (χ4n) is 1.37. The highest BCUT2D eigenvalue weighted by Gasteiger charge is 2.17. The fraction of sp³-hybridized carbons (Fsp3) is 0.750. The van der Waals surface area contributed by atoms with Gasteiger partial charge in [0.2, 0.25) is 5.91 Å². The Labute approximate surface area is 82.5 Å². The minimum atomic E-state index is -1.29. The van der Waals surface area contributed by atoms with Gasteiger partial charge in [-0.25, -0.2) is 4.79 Å². The third kappa shape index (κ3) is 3.71. The fourth-order valence-corrected chi connectivity index (χ4v) is 1.37. The van der Waals surface area contributed by atoms with Crippen molar-refractivity contribution in [2.45, 2.75) is 0 Å². The van der Waals surface area contributed by atoms with E-state index in [0.29, 0.717) is 0 Å². The predicted octanol–water partition coefficient (Wildman–Crippen LogP) is -0.972. The van der Waals surface area contributed by atoms with Crippen LogP contribution in [0.3, 0.4) is 0 Å². The average Bonchev–Trinajstić information content (AvgIpc) is 2.07. The summed E-state index contributed by atoms with van der Waals surface area (Å²) < 4.78 is 0. The van der Waals surface area contributed by atoms with Crippen LogP contribution in [-0.4, -0.2) is 66.7 Å². The molecule has 0 unspecified atom stereocenters. The summed E-state index contributed by atoms with van der Waals surface area (Å²) in [5.74, 6) is -0.456. The summed E-state index contributed by atoms with van der Waals surface area (Å²) in [5, 5.41) is 10.1. The molecule has 0 aromatic rings. The van der Waals surface area contributed by atoms with Crippen LogP contribution in [0.25, 0.3) is 0 Å². The van der Waals surface area contributed by atoms with Gasteiger partial charge in [-0.2, -0.15) is 0 Å². The molecule has 0 aromatic heterocycles. The number of rotatable bonds is 2. The van der Waals surface area contributed by atoms with Crippen molar-refractivity contribution in [1.29, 1.82) is 0 Å². The first-order valence-electron chi connectivity index (χ1n) is 4.51. The molecule has 0 atom stereocenters. The van der Waals surface area contributed by atoms with E-state index in [-0.39, 0.29) is 6.54 Å². The number of amides is 2. The van der Waals surface area contributed by atoms with E-state index in [1.165, 1.54) is 0 Å². The summed E-state index contributed by atoms with van der Waals surface area (Å²) >= 11 is 0. The first-order valence-corrected chi connectivity index (χ1v) is 4.51. The smallest absolute Gasteiger partial charge is 0.411 e. The summed E-state index contributed by atoms with van der Waals surface area (Å²) in [7, 11) is 2.02. The zero-order valence-electron chi connectivity index (χ0n) is 8.19. The van der Waals surface area contributed by atoms with Gasteiger partial charge in [0, 0.05) is 26.2 Å². The molecule has 0 aromatic carbocycles. The largest absolute Gasteiger partial charge is 0.465 e. The number of hydrogen-bond acceptors (Lipinski definition) is 4. The molecule has 0 radical (unpaired) electrons. The molecule has 2 N–H and O–H groups in total. The van der Waals surface area contributed by atoms with Crippen molar-refractivity contribution in [2.24, 2.45) is 0 Å². The van der Waals surface area contributed by atoms with Crippen LogP contribution in [-0.2, 0) is 4.79 Å². The average molecular weight is 201 g/mol. The van der Waals surface area contributed by atoms with Crippen LogP contribution in [0.1, 0.15) is 0 Å². The molecule has 0 bridgehead atoms. The van der Waals surface area contributed by atoms with Gasteiger partial charge in [-0.15, -0.1) is 0 Å². The van der Waals surface area contributed by atoms with E-state index in [1.54, 1.807) is 0 Å². The number of hydrogen-bond donors (Lipinski definition) is 2. The molecule has 1 saturated heterocycles. The number of likely N-dealkylation sites (N-methyl/N-ethyl adjacent to an activating group) is 1. The van der Waals surface area contributed by atoms with Gasteiger partial charge < -0.3 is 10.0 Å². The van der Waals surface area contributed by atoms with Crippen LogP contribution >= 0.6 is 0 Å². The molecule has 6 nitrogen and oxygen atoms in total. The Morgan fingerprint density at radius 2 is 1.86 bits per heavy atom. The maximum Gasteiger partial charge on any atom is 0.411 e. The van der Waals surface area contributed by atoms with Crippen LogP contribution in [0.2, 0.25) is 0 Å². The van der Waals surface area contributed by atoms with Crippen molar-refractivity contribution < 1.29 is 14.7 Å². The lowest BCUT2D eigenvalue weighted by Crippen LogP contribution is -2.48. The molecule has 0 saturated carbocycles. The molecule has 6 heteroatoms. The summed E-state index contributed by atoms with van der Waals surface area (Å²) in [6.07, 6.45) is -1.29. The van der Waals surface area contributed by atoms with Gasteiger partial charge in [0.05, 0.1) is 6.54 Å². The van der Waals surface area contributed by atoms with E-state index in [2.05, 4.69) is 4.90 Å². The van der Waals surface area contributed by atoms with Crippen LogP contribution in [0, 0.1) is 0 Å². The molecule has 14 heavy (non-hydrogen) atoms. The molecule has 1 heterocycles. The van der Waals surface area contributed by atoms with E-state index < -0.39 is 12.0 Å². The van der Waals surface area contributed by atoms with E-state index in [1.807, 2.05) is 17.3 Å². The van der Waals surface area contributed by atoms with E-state index in [9.17, 15) is 9.59 Å². The second-order valence-electron chi connectivity index (χ2n) is 3.43. The summed E-state index contributed by atoms with van der Waals surface area (Å²) in [6.45, 7) is 3.62. The quantitative estimate of drug-likeness (QED) is 0.601. The van der Waals surface area contributed by atoms with Crippen molar-refractivity contribution in [1.82, 2.24) is 15.1 Å². The molecule has 1 aliphatic heterocycles. The SMILES string of the molecule is CN1CCN(CC(=O)NC(=O)O)CC1. The number of imide groups is 1. The van der Waals surface area contributed by atoms with E-state index >= 15 is 0 Å². The topological polar surface area (TPSA) is 72.9 Å². The van der Waals surface area contributed by atoms with Gasteiger partial charge >= 0.3 is 6.09 Å². The lowest BCUT2D eigenvalue weighted by Gasteiger charge is -2.31. The molecule has 0 spiro atoms. The second-order valence-corrected chi connectivity index (χ2v) is 3.43. The Balaban J connectivity index is 2.24. The Morgan fingerprint density at radius 3 is 2.36 bits per heavy atom. The normalized spacial score (nSPS) is 19.2. The number of carbonyl (C=O) groups excluding carboxylic acids is 1. The van der Waals surface area contributed by atoms with Gasteiger partial charge in [-0.05, 0) is 7.05 Å². The Hall–Kier alpha value is -1.14. The van der Waals surface area contributed by atoms with Crippen LogP contribution in [0.15, 0.2) is 0 Å². The third-order valence-corrected chi connectivity index (χ3v) is 2.21. The number of carboxylic acid groups (broad SMARTS) is 1. The summed E-state index contributed by atoms with van der Waals surface area (Å²) in [4.78, 5) is 25.3. The van der Waals surface area contributed by atoms with Crippen molar-refractivity contribution in [3.8, 4) is 0 Å². The van der Waals surface area contributed by atoms with Crippen molar-refractivity contribution in [3.05, 3.63) is 0 Å². The highest BCUT2D eigenvalue weighted by molar-refractivity contribution is 5.91. The number of nitrogens with one attached hydrogen (secondary N) is 1. The van der Waals surface area contributed by atoms with Gasteiger partial charge in [0.25, 0.3) is 0 Å². The molecule has 80 valence electrons. The van der Waals surface area contributed by atoms with Crippen LogP contribution < -0.4 is 5.32 Å². The van der Waals surface area contributed by atoms with Gasteiger partial charge in [0.15, 0.2) is 0 Å². The van der Waals surface area contributed by atoms with Gasteiger partial charge in [-0.1, -0.05) is 0 Å². The van der Waals surface area contributed by atoms with Gasteiger partial charge in [-0.3, -0.25) is 15.0 Å². The molecule has 1 fully saturated rings. The molecule has 2 amide bonds.